The quantitative estimate of drug-likeness (QED) is 0.492. The molecule has 1 aromatic carbocycles. The van der Waals surface area contributed by atoms with E-state index in [-0.39, 0.29) is 11.8 Å². The van der Waals surface area contributed by atoms with E-state index >= 15 is 0 Å². The standard InChI is InChI=1S/C25H35N5O2S2/c1-2-3-7-19-10-12-20(13-11-19)23(32)29-14-16-30(17-15-29)24-27-28-25(34-24)33-18-22(31)26-21-8-5-4-6-9-21/h4-6,8-9,19-20H,2-3,7,10-18H2,1H3,(H,26,31). The van der Waals surface area contributed by atoms with Gasteiger partial charge in [0.15, 0.2) is 4.34 Å². The van der Waals surface area contributed by atoms with Crippen LogP contribution in [0, 0.1) is 11.8 Å². The first-order valence-corrected chi connectivity index (χ1v) is 14.3. The summed E-state index contributed by atoms with van der Waals surface area (Å²) in [5, 5.41) is 12.3. The van der Waals surface area contributed by atoms with Gasteiger partial charge in [-0.2, -0.15) is 0 Å². The van der Waals surface area contributed by atoms with Crippen molar-refractivity contribution in [2.45, 2.75) is 56.2 Å². The minimum absolute atomic E-state index is 0.0560. The molecule has 2 aromatic rings. The molecule has 0 unspecified atom stereocenters. The zero-order valence-electron chi connectivity index (χ0n) is 19.9. The normalized spacial score (nSPS) is 20.9. The Bertz CT molecular complexity index is 922. The summed E-state index contributed by atoms with van der Waals surface area (Å²) in [5.41, 5.74) is 0.794. The van der Waals surface area contributed by atoms with Gasteiger partial charge >= 0.3 is 0 Å². The van der Waals surface area contributed by atoms with E-state index in [1.165, 1.54) is 55.2 Å². The maximum absolute atomic E-state index is 13.0. The lowest BCUT2D eigenvalue weighted by Gasteiger charge is -2.37. The van der Waals surface area contributed by atoms with Crippen LogP contribution in [-0.4, -0.2) is 58.8 Å². The molecule has 0 spiro atoms. The van der Waals surface area contributed by atoms with E-state index in [1.807, 2.05) is 30.3 Å². The van der Waals surface area contributed by atoms with Gasteiger partial charge in [0.1, 0.15) is 0 Å². The predicted octanol–water partition coefficient (Wildman–Crippen LogP) is 4.91. The van der Waals surface area contributed by atoms with E-state index in [0.29, 0.717) is 11.7 Å². The average Bonchev–Trinajstić information content (AvgIpc) is 3.36. The first kappa shape index (κ1) is 25.0. The number of thioether (sulfide) groups is 1. The fourth-order valence-corrected chi connectivity index (χ4v) is 6.49. The number of carbonyl (C=O) groups excluding carboxylic acids is 2. The number of hydrogen-bond donors (Lipinski definition) is 1. The van der Waals surface area contributed by atoms with Crippen LogP contribution < -0.4 is 10.2 Å². The Morgan fingerprint density at radius 3 is 2.50 bits per heavy atom. The van der Waals surface area contributed by atoms with Crippen LogP contribution in [0.4, 0.5) is 10.8 Å². The molecule has 184 valence electrons. The fourth-order valence-electron chi connectivity index (χ4n) is 4.80. The molecule has 0 bridgehead atoms. The summed E-state index contributed by atoms with van der Waals surface area (Å²) in [7, 11) is 0. The first-order valence-electron chi connectivity index (χ1n) is 12.5. The molecule has 1 aromatic heterocycles. The highest BCUT2D eigenvalue weighted by molar-refractivity contribution is 8.01. The highest BCUT2D eigenvalue weighted by atomic mass is 32.2. The monoisotopic (exact) mass is 501 g/mol. The van der Waals surface area contributed by atoms with Crippen molar-refractivity contribution in [3.05, 3.63) is 30.3 Å². The molecule has 4 rings (SSSR count). The van der Waals surface area contributed by atoms with Crippen LogP contribution in [-0.2, 0) is 9.59 Å². The van der Waals surface area contributed by atoms with Crippen LogP contribution in [0.3, 0.4) is 0 Å². The van der Waals surface area contributed by atoms with Crippen molar-refractivity contribution in [2.75, 3.05) is 42.1 Å². The number of hydrogen-bond acceptors (Lipinski definition) is 7. The Hall–Kier alpha value is -2.13. The van der Waals surface area contributed by atoms with Gasteiger partial charge in [-0.15, -0.1) is 10.2 Å². The Balaban J connectivity index is 1.18. The molecule has 7 nitrogen and oxygen atoms in total. The van der Waals surface area contributed by atoms with Crippen LogP contribution in [0.5, 0.6) is 0 Å². The number of benzene rings is 1. The van der Waals surface area contributed by atoms with Gasteiger partial charge in [-0.3, -0.25) is 9.59 Å². The largest absolute Gasteiger partial charge is 0.343 e. The molecule has 2 fully saturated rings. The molecule has 34 heavy (non-hydrogen) atoms. The summed E-state index contributed by atoms with van der Waals surface area (Å²) in [6.45, 7) is 5.31. The lowest BCUT2D eigenvalue weighted by atomic mass is 9.79. The predicted molar refractivity (Wildman–Crippen MR) is 139 cm³/mol. The fraction of sp³-hybridized carbons (Fsp3) is 0.600. The third-order valence-corrected chi connectivity index (χ3v) is 8.92. The third-order valence-electron chi connectivity index (χ3n) is 6.80. The van der Waals surface area contributed by atoms with Gasteiger partial charge in [-0.05, 0) is 43.7 Å². The van der Waals surface area contributed by atoms with Crippen LogP contribution in [0.2, 0.25) is 0 Å². The maximum Gasteiger partial charge on any atom is 0.234 e. The molecule has 0 atom stereocenters. The lowest BCUT2D eigenvalue weighted by Crippen LogP contribution is -2.50. The summed E-state index contributed by atoms with van der Waals surface area (Å²) >= 11 is 2.92. The van der Waals surface area contributed by atoms with E-state index in [2.05, 4.69) is 32.2 Å². The van der Waals surface area contributed by atoms with Crippen LogP contribution >= 0.6 is 23.1 Å². The minimum atomic E-state index is -0.0560. The second-order valence-electron chi connectivity index (χ2n) is 9.23. The highest BCUT2D eigenvalue weighted by Crippen LogP contribution is 2.33. The molecular weight excluding hydrogens is 466 g/mol. The number of rotatable bonds is 9. The van der Waals surface area contributed by atoms with E-state index in [0.717, 1.165) is 60.1 Å². The number of carbonyl (C=O) groups is 2. The topological polar surface area (TPSA) is 78.4 Å². The maximum atomic E-state index is 13.0. The Kier molecular flexibility index (Phi) is 9.21. The molecule has 1 aliphatic heterocycles. The number of aromatic nitrogens is 2. The van der Waals surface area contributed by atoms with Crippen molar-refractivity contribution in [1.82, 2.24) is 15.1 Å². The molecule has 9 heteroatoms. The van der Waals surface area contributed by atoms with Gasteiger partial charge in [-0.1, -0.05) is 67.5 Å². The van der Waals surface area contributed by atoms with Crippen LogP contribution in [0.25, 0.3) is 0 Å². The highest BCUT2D eigenvalue weighted by Gasteiger charge is 2.31. The second-order valence-corrected chi connectivity index (χ2v) is 11.4. The second kappa shape index (κ2) is 12.5. The molecule has 1 saturated carbocycles. The van der Waals surface area contributed by atoms with Crippen LogP contribution in [0.1, 0.15) is 51.9 Å². The number of nitrogens with zero attached hydrogens (tertiary/aromatic N) is 4. The van der Waals surface area contributed by atoms with Gasteiger partial charge in [0.25, 0.3) is 0 Å². The molecule has 2 amide bonds. The zero-order valence-corrected chi connectivity index (χ0v) is 21.6. The number of para-hydroxylation sites is 1. The zero-order chi connectivity index (χ0) is 23.8. The van der Waals surface area contributed by atoms with Crippen LogP contribution in [0.15, 0.2) is 34.7 Å². The van der Waals surface area contributed by atoms with Crippen molar-refractivity contribution >= 4 is 45.7 Å². The summed E-state index contributed by atoms with van der Waals surface area (Å²) in [4.78, 5) is 29.5. The minimum Gasteiger partial charge on any atom is -0.343 e. The van der Waals surface area contributed by atoms with Crippen molar-refractivity contribution < 1.29 is 9.59 Å². The van der Waals surface area contributed by atoms with Gasteiger partial charge in [0.05, 0.1) is 5.75 Å². The molecule has 2 aliphatic rings. The molecule has 0 radical (unpaired) electrons. The smallest absolute Gasteiger partial charge is 0.234 e. The summed E-state index contributed by atoms with van der Waals surface area (Å²) in [6.07, 6.45) is 8.45. The van der Waals surface area contributed by atoms with Crippen molar-refractivity contribution in [1.29, 1.82) is 0 Å². The average molecular weight is 502 g/mol. The van der Waals surface area contributed by atoms with Crippen molar-refractivity contribution in [2.24, 2.45) is 11.8 Å². The number of unbranched alkanes of at least 4 members (excludes halogenated alkanes) is 1. The number of nitrogens with one attached hydrogen (secondary N) is 1. The molecule has 1 N–H and O–H groups in total. The van der Waals surface area contributed by atoms with E-state index < -0.39 is 0 Å². The third kappa shape index (κ3) is 6.95. The van der Waals surface area contributed by atoms with Gasteiger partial charge in [-0.25, -0.2) is 0 Å². The number of anilines is 2. The molecular formula is C25H35N5O2S2. The van der Waals surface area contributed by atoms with E-state index in [9.17, 15) is 9.59 Å². The van der Waals surface area contributed by atoms with Gasteiger partial charge < -0.3 is 15.1 Å². The van der Waals surface area contributed by atoms with E-state index in [4.69, 9.17) is 0 Å². The molecule has 1 aliphatic carbocycles. The van der Waals surface area contributed by atoms with E-state index in [1.54, 1.807) is 0 Å². The summed E-state index contributed by atoms with van der Waals surface area (Å²) < 4.78 is 0.788. The number of amides is 2. The summed E-state index contributed by atoms with van der Waals surface area (Å²) in [5.74, 6) is 1.64. The Labute approximate surface area is 210 Å². The Morgan fingerprint density at radius 1 is 1.06 bits per heavy atom. The van der Waals surface area contributed by atoms with Gasteiger partial charge in [0.2, 0.25) is 16.9 Å². The van der Waals surface area contributed by atoms with Gasteiger partial charge in [0, 0.05) is 37.8 Å². The Morgan fingerprint density at radius 2 is 1.79 bits per heavy atom. The SMILES string of the molecule is CCCCC1CCC(C(=O)N2CCN(c3nnc(SCC(=O)Nc4ccccc4)s3)CC2)CC1. The summed E-state index contributed by atoms with van der Waals surface area (Å²) in [6, 6.07) is 9.45. The van der Waals surface area contributed by atoms with Crippen molar-refractivity contribution in [3.63, 3.8) is 0 Å². The molecule has 1 saturated heterocycles. The first-order chi connectivity index (χ1) is 16.6. The molecule has 2 heterocycles. The lowest BCUT2D eigenvalue weighted by molar-refractivity contribution is -0.137. The van der Waals surface area contributed by atoms with Crippen molar-refractivity contribution in [3.8, 4) is 0 Å². The number of piperazine rings is 1.